The topological polar surface area (TPSA) is 90.0 Å². The van der Waals surface area contributed by atoms with Crippen LogP contribution < -0.4 is 0 Å². The summed E-state index contributed by atoms with van der Waals surface area (Å²) in [5.74, 6) is -1.46. The molecule has 27 heavy (non-hydrogen) atoms. The molecule has 1 aliphatic heterocycles. The standard InChI is InChI=1S/C19H26NO6P/c1-5-25-27(24,26-6-2)12-17(21)16(11-13(3)4)20-18(22)14-9-7-8-10-15(14)19(20)23/h7-10,13,16H,5-6,11-12H2,1-4H3. The average Bonchev–Trinajstić information content (AvgIpc) is 2.84. The van der Waals surface area contributed by atoms with Gasteiger partial charge in [-0.2, -0.15) is 0 Å². The number of imide groups is 1. The Hall–Kier alpha value is -1.82. The lowest BCUT2D eigenvalue weighted by Gasteiger charge is -2.27. The molecule has 0 bridgehead atoms. The molecule has 7 nitrogen and oxygen atoms in total. The Bertz CT molecular complexity index is 730. The number of benzene rings is 1. The number of Topliss-reactive ketones (excluding diaryl/α,β-unsaturated/α-hetero) is 1. The fraction of sp³-hybridized carbons (Fsp3) is 0.526. The molecule has 0 saturated carbocycles. The maximum Gasteiger partial charge on any atom is 0.338 e. The van der Waals surface area contributed by atoms with Gasteiger partial charge in [0.1, 0.15) is 6.16 Å². The monoisotopic (exact) mass is 395 g/mol. The van der Waals surface area contributed by atoms with E-state index >= 15 is 0 Å². The molecule has 0 N–H and O–H groups in total. The Kier molecular flexibility index (Phi) is 7.09. The summed E-state index contributed by atoms with van der Waals surface area (Å²) in [4.78, 5) is 39.5. The van der Waals surface area contributed by atoms with E-state index in [2.05, 4.69) is 0 Å². The van der Waals surface area contributed by atoms with Gasteiger partial charge in [-0.15, -0.1) is 0 Å². The first kappa shape index (κ1) is 21.5. The van der Waals surface area contributed by atoms with E-state index in [1.54, 1.807) is 38.1 Å². The molecule has 8 heteroatoms. The minimum Gasteiger partial charge on any atom is -0.309 e. The van der Waals surface area contributed by atoms with Gasteiger partial charge in [0.2, 0.25) is 0 Å². The van der Waals surface area contributed by atoms with Crippen LogP contribution in [0.25, 0.3) is 0 Å². The highest BCUT2D eigenvalue weighted by Crippen LogP contribution is 2.48. The molecule has 0 radical (unpaired) electrons. The second kappa shape index (κ2) is 8.91. The lowest BCUT2D eigenvalue weighted by Crippen LogP contribution is -2.46. The first-order valence-electron chi connectivity index (χ1n) is 9.11. The van der Waals surface area contributed by atoms with Crippen LogP contribution in [0.2, 0.25) is 0 Å². The van der Waals surface area contributed by atoms with Crippen molar-refractivity contribution >= 4 is 25.2 Å². The Morgan fingerprint density at radius 3 is 1.93 bits per heavy atom. The summed E-state index contributed by atoms with van der Waals surface area (Å²) in [5, 5.41) is 0. The van der Waals surface area contributed by atoms with Gasteiger partial charge in [-0.25, -0.2) is 0 Å². The van der Waals surface area contributed by atoms with Crippen LogP contribution in [0.4, 0.5) is 0 Å². The van der Waals surface area contributed by atoms with Gasteiger partial charge in [-0.05, 0) is 38.3 Å². The van der Waals surface area contributed by atoms with Crippen LogP contribution in [0, 0.1) is 5.92 Å². The third-order valence-electron chi connectivity index (χ3n) is 4.20. The number of carbonyl (C=O) groups is 3. The van der Waals surface area contributed by atoms with Crippen LogP contribution in [0.1, 0.15) is 54.8 Å². The van der Waals surface area contributed by atoms with E-state index in [0.717, 1.165) is 4.90 Å². The number of amides is 2. The fourth-order valence-corrected chi connectivity index (χ4v) is 4.77. The van der Waals surface area contributed by atoms with Crippen molar-refractivity contribution < 1.29 is 28.0 Å². The van der Waals surface area contributed by atoms with E-state index in [1.807, 2.05) is 13.8 Å². The van der Waals surface area contributed by atoms with Crippen molar-refractivity contribution in [2.24, 2.45) is 5.92 Å². The highest BCUT2D eigenvalue weighted by atomic mass is 31.2. The van der Waals surface area contributed by atoms with Crippen molar-refractivity contribution in [1.82, 2.24) is 4.90 Å². The second-order valence-electron chi connectivity index (χ2n) is 6.74. The van der Waals surface area contributed by atoms with Gasteiger partial charge in [0.05, 0.1) is 30.4 Å². The molecule has 0 spiro atoms. The summed E-state index contributed by atoms with van der Waals surface area (Å²) >= 11 is 0. The first-order valence-corrected chi connectivity index (χ1v) is 10.8. The van der Waals surface area contributed by atoms with Gasteiger partial charge in [-0.1, -0.05) is 26.0 Å². The maximum atomic E-state index is 13.0. The van der Waals surface area contributed by atoms with E-state index in [1.165, 1.54) is 0 Å². The van der Waals surface area contributed by atoms with E-state index in [4.69, 9.17) is 9.05 Å². The van der Waals surface area contributed by atoms with Crippen molar-refractivity contribution in [2.45, 2.75) is 40.2 Å². The number of carbonyl (C=O) groups excluding carboxylic acids is 3. The number of nitrogens with zero attached hydrogens (tertiary/aromatic N) is 1. The van der Waals surface area contributed by atoms with Crippen LogP contribution in [-0.2, 0) is 18.4 Å². The van der Waals surface area contributed by atoms with Crippen molar-refractivity contribution in [1.29, 1.82) is 0 Å². The molecule has 0 saturated heterocycles. The van der Waals surface area contributed by atoms with Gasteiger partial charge in [0.15, 0.2) is 5.78 Å². The molecule has 2 amide bonds. The fourth-order valence-electron chi connectivity index (χ4n) is 3.14. The molecule has 0 fully saturated rings. The highest BCUT2D eigenvalue weighted by molar-refractivity contribution is 7.54. The summed E-state index contributed by atoms with van der Waals surface area (Å²) in [6.45, 7) is 7.36. The number of rotatable bonds is 10. The quantitative estimate of drug-likeness (QED) is 0.445. The lowest BCUT2D eigenvalue weighted by molar-refractivity contribution is -0.121. The number of ketones is 1. The molecule has 0 aliphatic carbocycles. The van der Waals surface area contributed by atoms with Gasteiger partial charge in [0, 0.05) is 0 Å². The highest BCUT2D eigenvalue weighted by Gasteiger charge is 2.44. The summed E-state index contributed by atoms with van der Waals surface area (Å²) < 4.78 is 23.2. The van der Waals surface area contributed by atoms with Crippen molar-refractivity contribution in [3.63, 3.8) is 0 Å². The molecular weight excluding hydrogens is 369 g/mol. The molecule has 148 valence electrons. The molecule has 0 aromatic heterocycles. The van der Waals surface area contributed by atoms with Gasteiger partial charge < -0.3 is 9.05 Å². The summed E-state index contributed by atoms with van der Waals surface area (Å²) in [7, 11) is -3.62. The summed E-state index contributed by atoms with van der Waals surface area (Å²) in [6, 6.07) is 5.47. The van der Waals surface area contributed by atoms with Gasteiger partial charge in [0.25, 0.3) is 11.8 Å². The van der Waals surface area contributed by atoms with Crippen LogP contribution in [0.5, 0.6) is 0 Å². The Labute approximate surface area is 159 Å². The van der Waals surface area contributed by atoms with Crippen molar-refractivity contribution in [3.8, 4) is 0 Å². The third-order valence-corrected chi connectivity index (χ3v) is 6.21. The normalized spacial score (nSPS) is 15.4. The molecular formula is C19H26NO6P. The predicted octanol–water partition coefficient (Wildman–Crippen LogP) is 3.53. The molecule has 1 aromatic carbocycles. The Morgan fingerprint density at radius 2 is 1.52 bits per heavy atom. The average molecular weight is 395 g/mol. The number of fused-ring (bicyclic) bond motifs is 1. The molecule has 1 aliphatic rings. The predicted molar refractivity (Wildman–Crippen MR) is 101 cm³/mol. The smallest absolute Gasteiger partial charge is 0.309 e. The second-order valence-corrected chi connectivity index (χ2v) is 8.80. The molecule has 1 atom stereocenters. The number of hydrogen-bond donors (Lipinski definition) is 0. The zero-order valence-electron chi connectivity index (χ0n) is 16.1. The van der Waals surface area contributed by atoms with Crippen LogP contribution in [0.3, 0.4) is 0 Å². The number of hydrogen-bond acceptors (Lipinski definition) is 6. The largest absolute Gasteiger partial charge is 0.338 e. The zero-order valence-corrected chi connectivity index (χ0v) is 17.0. The maximum absolute atomic E-state index is 13.0. The van der Waals surface area contributed by atoms with E-state index in [0.29, 0.717) is 0 Å². The minimum absolute atomic E-state index is 0.0434. The SMILES string of the molecule is CCOP(=O)(CC(=O)C(CC(C)C)N1C(=O)c2ccccc2C1=O)OCC. The first-order chi connectivity index (χ1) is 12.7. The van der Waals surface area contributed by atoms with Gasteiger partial charge in [-0.3, -0.25) is 23.8 Å². The zero-order chi connectivity index (χ0) is 20.2. The van der Waals surface area contributed by atoms with Crippen LogP contribution >= 0.6 is 7.60 Å². The van der Waals surface area contributed by atoms with Crippen LogP contribution in [-0.4, -0.2) is 47.9 Å². The van der Waals surface area contributed by atoms with E-state index in [9.17, 15) is 18.9 Å². The Morgan fingerprint density at radius 1 is 1.04 bits per heavy atom. The lowest BCUT2D eigenvalue weighted by atomic mass is 9.99. The third kappa shape index (κ3) is 4.72. The molecule has 1 aromatic rings. The minimum atomic E-state index is -3.62. The van der Waals surface area contributed by atoms with Crippen LogP contribution in [0.15, 0.2) is 24.3 Å². The van der Waals surface area contributed by atoms with Crippen molar-refractivity contribution in [3.05, 3.63) is 35.4 Å². The van der Waals surface area contributed by atoms with Gasteiger partial charge >= 0.3 is 7.60 Å². The summed E-state index contributed by atoms with van der Waals surface area (Å²) in [6.07, 6.45) is -0.192. The van der Waals surface area contributed by atoms with E-state index < -0.39 is 37.4 Å². The molecule has 1 unspecified atom stereocenters. The van der Waals surface area contributed by atoms with E-state index in [-0.39, 0.29) is 36.7 Å². The summed E-state index contributed by atoms with van der Waals surface area (Å²) in [5.41, 5.74) is 0.559. The van der Waals surface area contributed by atoms with Crippen molar-refractivity contribution in [2.75, 3.05) is 19.4 Å². The molecule has 2 rings (SSSR count). The Balaban J connectivity index is 2.33. The molecule has 1 heterocycles.